The van der Waals surface area contributed by atoms with Crippen molar-refractivity contribution in [1.29, 1.82) is 0 Å². The second-order valence-electron chi connectivity index (χ2n) is 5.97. The molecule has 1 rings (SSSR count). The lowest BCUT2D eigenvalue weighted by molar-refractivity contribution is -0.142. The van der Waals surface area contributed by atoms with Crippen molar-refractivity contribution in [3.05, 3.63) is 24.3 Å². The largest absolute Gasteiger partial charge is 0.467 e. The zero-order valence-electron chi connectivity index (χ0n) is 14.0. The van der Waals surface area contributed by atoms with Gasteiger partial charge in [-0.15, -0.1) is 0 Å². The number of ether oxygens (including phenoxy) is 2. The van der Waals surface area contributed by atoms with Crippen molar-refractivity contribution < 1.29 is 27.5 Å². The molecule has 0 aliphatic carbocycles. The summed E-state index contributed by atoms with van der Waals surface area (Å²) in [7, 11) is -2.65. The molecule has 0 aliphatic rings. The summed E-state index contributed by atoms with van der Waals surface area (Å²) in [5, 5.41) is 2.22. The van der Waals surface area contributed by atoms with Crippen LogP contribution in [0.1, 0.15) is 26.5 Å². The van der Waals surface area contributed by atoms with E-state index in [2.05, 4.69) is 20.0 Å². The van der Waals surface area contributed by atoms with Crippen molar-refractivity contribution >= 4 is 21.9 Å². The summed E-state index contributed by atoms with van der Waals surface area (Å²) < 4.78 is 34.0. The molecule has 24 heavy (non-hydrogen) atoms. The maximum Gasteiger partial charge on any atom is 0.408 e. The van der Waals surface area contributed by atoms with Gasteiger partial charge in [0.1, 0.15) is 11.6 Å². The number of nitrogens with zero attached hydrogens (tertiary/aromatic N) is 2. The summed E-state index contributed by atoms with van der Waals surface area (Å²) in [6, 6.07) is -1.38. The first-order chi connectivity index (χ1) is 11.0. The van der Waals surface area contributed by atoms with Crippen molar-refractivity contribution in [1.82, 2.24) is 15.3 Å². The highest BCUT2D eigenvalue weighted by Crippen LogP contribution is 2.09. The molecule has 134 valence electrons. The first kappa shape index (κ1) is 19.8. The maximum absolute atomic E-state index is 12.2. The minimum absolute atomic E-state index is 0.235. The van der Waals surface area contributed by atoms with E-state index in [1.54, 1.807) is 20.8 Å². The average molecular weight is 359 g/mol. The van der Waals surface area contributed by atoms with E-state index in [9.17, 15) is 18.0 Å². The summed E-state index contributed by atoms with van der Waals surface area (Å²) >= 11 is 0. The molecule has 1 aromatic rings. The van der Waals surface area contributed by atoms with Gasteiger partial charge in [0.05, 0.1) is 24.3 Å². The van der Waals surface area contributed by atoms with Crippen molar-refractivity contribution in [2.24, 2.45) is 0 Å². The quantitative estimate of drug-likeness (QED) is 0.726. The molecule has 10 heteroatoms. The molecule has 1 N–H and O–H groups in total. The van der Waals surface area contributed by atoms with E-state index in [1.165, 1.54) is 18.6 Å². The molecule has 0 unspecified atom stereocenters. The molecular weight excluding hydrogens is 338 g/mol. The van der Waals surface area contributed by atoms with Crippen molar-refractivity contribution in [3.63, 3.8) is 0 Å². The Bertz CT molecular complexity index is 670. The Labute approximate surface area is 140 Å². The first-order valence-corrected chi connectivity index (χ1v) is 8.87. The number of carbonyl (C=O) groups excluding carboxylic acids is 2. The Morgan fingerprint density at radius 3 is 2.46 bits per heavy atom. The van der Waals surface area contributed by atoms with Crippen LogP contribution in [0.25, 0.3) is 0 Å². The predicted octanol–water partition coefficient (Wildman–Crippen LogP) is 0.458. The third-order valence-corrected chi connectivity index (χ3v) is 4.16. The highest BCUT2D eigenvalue weighted by atomic mass is 32.2. The molecule has 0 fully saturated rings. The minimum Gasteiger partial charge on any atom is -0.467 e. The van der Waals surface area contributed by atoms with Crippen LogP contribution < -0.4 is 5.32 Å². The number of hydrogen-bond acceptors (Lipinski definition) is 8. The normalized spacial score (nSPS) is 13.0. The summed E-state index contributed by atoms with van der Waals surface area (Å²) in [5.41, 5.74) is -0.554. The van der Waals surface area contributed by atoms with Crippen LogP contribution in [0.3, 0.4) is 0 Å². The average Bonchev–Trinajstić information content (AvgIpc) is 2.44. The number of hydrogen-bond donors (Lipinski definition) is 1. The van der Waals surface area contributed by atoms with Crippen LogP contribution in [0.5, 0.6) is 0 Å². The number of nitrogens with one attached hydrogen (secondary N) is 1. The van der Waals surface area contributed by atoms with Gasteiger partial charge >= 0.3 is 12.1 Å². The molecule has 0 aromatic carbocycles. The lowest BCUT2D eigenvalue weighted by Gasteiger charge is -2.22. The van der Waals surface area contributed by atoms with Gasteiger partial charge in [-0.25, -0.2) is 18.0 Å². The van der Waals surface area contributed by atoms with Gasteiger partial charge < -0.3 is 14.8 Å². The maximum atomic E-state index is 12.2. The molecule has 0 radical (unpaired) electrons. The van der Waals surface area contributed by atoms with Gasteiger partial charge in [0.2, 0.25) is 0 Å². The summed E-state index contributed by atoms with van der Waals surface area (Å²) in [6.07, 6.45) is 3.18. The van der Waals surface area contributed by atoms with Crippen LogP contribution in [-0.2, 0) is 29.9 Å². The fourth-order valence-corrected chi connectivity index (χ4v) is 3.15. The molecular formula is C14H21N3O6S. The van der Waals surface area contributed by atoms with Gasteiger partial charge in [0, 0.05) is 18.6 Å². The second-order valence-corrected chi connectivity index (χ2v) is 8.08. The van der Waals surface area contributed by atoms with Gasteiger partial charge in [0.15, 0.2) is 9.84 Å². The predicted molar refractivity (Wildman–Crippen MR) is 84.7 cm³/mol. The van der Waals surface area contributed by atoms with Crippen LogP contribution in [0.2, 0.25) is 0 Å². The molecule has 0 bridgehead atoms. The summed E-state index contributed by atoms with van der Waals surface area (Å²) in [5.74, 6) is -1.94. The van der Waals surface area contributed by atoms with E-state index in [0.29, 0.717) is 0 Å². The Morgan fingerprint density at radius 1 is 1.29 bits per heavy atom. The highest BCUT2D eigenvalue weighted by Gasteiger charge is 2.30. The van der Waals surface area contributed by atoms with Gasteiger partial charge in [-0.1, -0.05) is 0 Å². The smallest absolute Gasteiger partial charge is 0.408 e. The zero-order valence-corrected chi connectivity index (χ0v) is 14.8. The van der Waals surface area contributed by atoms with Gasteiger partial charge in [-0.05, 0) is 20.8 Å². The van der Waals surface area contributed by atoms with Crippen molar-refractivity contribution in [3.8, 4) is 0 Å². The van der Waals surface area contributed by atoms with E-state index >= 15 is 0 Å². The molecule has 0 spiro atoms. The third kappa shape index (κ3) is 7.36. The number of esters is 1. The lowest BCUT2D eigenvalue weighted by atomic mass is 10.2. The van der Waals surface area contributed by atoms with Gasteiger partial charge in [0.25, 0.3) is 0 Å². The van der Waals surface area contributed by atoms with Crippen LogP contribution >= 0.6 is 0 Å². The SMILES string of the molecule is COC(=O)[C@H](CS(=O)(=O)Cc1cnccn1)NC(=O)OC(C)(C)C. The number of aromatic nitrogens is 2. The minimum atomic E-state index is -3.75. The van der Waals surface area contributed by atoms with Gasteiger partial charge in [-0.3, -0.25) is 9.97 Å². The van der Waals surface area contributed by atoms with Crippen LogP contribution in [-0.4, -0.2) is 55.0 Å². The first-order valence-electron chi connectivity index (χ1n) is 7.05. The Hall–Kier alpha value is -2.23. The molecule has 1 aromatic heterocycles. The number of amides is 1. The van der Waals surface area contributed by atoms with Crippen LogP contribution in [0, 0.1) is 0 Å². The van der Waals surface area contributed by atoms with E-state index in [0.717, 1.165) is 7.11 Å². The molecule has 1 heterocycles. The van der Waals surface area contributed by atoms with Crippen LogP contribution in [0.4, 0.5) is 4.79 Å². The second kappa shape index (κ2) is 8.04. The Balaban J connectivity index is 2.82. The number of methoxy groups -OCH3 is 1. The number of rotatable bonds is 6. The molecule has 1 atom stereocenters. The third-order valence-electron chi connectivity index (χ3n) is 2.58. The highest BCUT2D eigenvalue weighted by molar-refractivity contribution is 7.90. The zero-order chi connectivity index (χ0) is 18.4. The molecule has 0 saturated heterocycles. The van der Waals surface area contributed by atoms with Crippen molar-refractivity contribution in [2.45, 2.75) is 38.2 Å². The van der Waals surface area contributed by atoms with E-state index < -0.39 is 45.0 Å². The fourth-order valence-electron chi connectivity index (χ4n) is 1.70. The Morgan fingerprint density at radius 2 is 1.96 bits per heavy atom. The number of alkyl carbamates (subject to hydrolysis) is 1. The van der Waals surface area contributed by atoms with E-state index in [-0.39, 0.29) is 5.69 Å². The number of sulfone groups is 1. The summed E-state index contributed by atoms with van der Waals surface area (Å²) in [4.78, 5) is 31.2. The molecule has 0 aliphatic heterocycles. The molecule has 9 nitrogen and oxygen atoms in total. The molecule has 1 amide bonds. The van der Waals surface area contributed by atoms with Crippen molar-refractivity contribution in [2.75, 3.05) is 12.9 Å². The van der Waals surface area contributed by atoms with E-state index in [4.69, 9.17) is 4.74 Å². The number of carbonyl (C=O) groups is 2. The van der Waals surface area contributed by atoms with Crippen LogP contribution in [0.15, 0.2) is 18.6 Å². The van der Waals surface area contributed by atoms with Gasteiger partial charge in [-0.2, -0.15) is 0 Å². The van der Waals surface area contributed by atoms with E-state index in [1.807, 2.05) is 0 Å². The standard InChI is InChI=1S/C14H21N3O6S/c1-14(2,3)23-13(19)17-11(12(18)22-4)9-24(20,21)8-10-7-15-5-6-16-10/h5-7,11H,8-9H2,1-4H3,(H,17,19)/t11-/m0/s1. The fraction of sp³-hybridized carbons (Fsp3) is 0.571. The molecule has 0 saturated carbocycles. The monoisotopic (exact) mass is 359 g/mol. The Kier molecular flexibility index (Phi) is 6.64. The lowest BCUT2D eigenvalue weighted by Crippen LogP contribution is -2.47. The topological polar surface area (TPSA) is 125 Å². The summed E-state index contributed by atoms with van der Waals surface area (Å²) in [6.45, 7) is 4.93.